The zero-order valence-electron chi connectivity index (χ0n) is 13.2. The van der Waals surface area contributed by atoms with Crippen molar-refractivity contribution in [1.82, 2.24) is 9.97 Å². The first kappa shape index (κ1) is 27.1. The molecule has 0 spiro atoms. The number of carboxylic acids is 2. The summed E-state index contributed by atoms with van der Waals surface area (Å²) in [6.07, 6.45) is 3.60. The van der Waals surface area contributed by atoms with Gasteiger partial charge < -0.3 is 25.3 Å². The summed E-state index contributed by atoms with van der Waals surface area (Å²) >= 11 is 3.43. The number of nitrogens with zero attached hydrogens (tertiary/aromatic N) is 2. The molecule has 1 radical (unpaired) electrons. The van der Waals surface area contributed by atoms with E-state index < -0.39 is 11.9 Å². The van der Waals surface area contributed by atoms with Crippen LogP contribution in [-0.4, -0.2) is 30.8 Å². The predicted molar refractivity (Wildman–Crippen MR) is 110 cm³/mol. The number of aromatic nitrogens is 2. The van der Waals surface area contributed by atoms with Gasteiger partial charge in [-0.2, -0.15) is 0 Å². The number of aliphatic carboxylic acids is 2. The topological polar surface area (TPSA) is 139 Å². The molecule has 0 saturated carbocycles. The summed E-state index contributed by atoms with van der Waals surface area (Å²) in [4.78, 5) is 27.2. The van der Waals surface area contributed by atoms with Gasteiger partial charge in [-0.05, 0) is 12.1 Å². The van der Waals surface area contributed by atoms with Gasteiger partial charge in [0.15, 0.2) is 0 Å². The molecule has 0 unspecified atom stereocenters. The summed E-state index contributed by atoms with van der Waals surface area (Å²) in [6.45, 7) is 0. The van der Waals surface area contributed by atoms with Crippen LogP contribution in [0.3, 0.4) is 0 Å². The van der Waals surface area contributed by atoms with Crippen LogP contribution in [0.2, 0.25) is 0 Å². The van der Waals surface area contributed by atoms with E-state index in [1.54, 1.807) is 57.6 Å². The van der Waals surface area contributed by atoms with Gasteiger partial charge >= 0.3 is 17.1 Å². The number of carbonyl (C=O) groups excluding carboxylic acids is 2. The molecule has 2 aromatic heterocycles. The fourth-order valence-electron chi connectivity index (χ4n) is 1.68. The van der Waals surface area contributed by atoms with Crippen LogP contribution in [0.15, 0.2) is 48.8 Å². The zero-order chi connectivity index (χ0) is 17.9. The van der Waals surface area contributed by atoms with Gasteiger partial charge in [0.2, 0.25) is 0 Å². The van der Waals surface area contributed by atoms with Crippen LogP contribution in [0, 0.1) is 0 Å². The number of rotatable bonds is 2. The first-order chi connectivity index (χ1) is 11.5. The zero-order valence-corrected chi connectivity index (χ0v) is 18.5. The van der Waals surface area contributed by atoms with Crippen molar-refractivity contribution in [1.29, 1.82) is 0 Å². The van der Waals surface area contributed by atoms with E-state index in [0.29, 0.717) is 0 Å². The Morgan fingerprint density at radius 2 is 1.12 bits per heavy atom. The number of carboxylic acid groups (broad SMARTS) is 2. The van der Waals surface area contributed by atoms with Crippen molar-refractivity contribution < 1.29 is 42.3 Å². The molecule has 0 amide bonds. The first-order valence-electron chi connectivity index (χ1n) is 6.59. The minimum Gasteiger partial charge on any atom is -0.549 e. The smallest absolute Gasteiger partial charge is 0.549 e. The summed E-state index contributed by atoms with van der Waals surface area (Å²) in [6, 6.07) is 12.1. The maximum absolute atomic E-state index is 9.25. The molecule has 7 nitrogen and oxygen atoms in total. The van der Waals surface area contributed by atoms with Gasteiger partial charge in [0, 0.05) is 32.0 Å². The molecule has 0 bridgehead atoms. The van der Waals surface area contributed by atoms with E-state index in [2.05, 4.69) is 34.2 Å². The standard InChI is InChI=1S/C12H8N2.2C2H3IO2.Cu.H2O/c1-3-9-5-6-10-4-2-8-14-12(10)11(9)13-7-1;2*3-1-2(4)5;;/h1-8H;2*1H2,(H,4,5);;1H2/q;;;+2;/p-1. The van der Waals surface area contributed by atoms with Gasteiger partial charge in [-0.1, -0.05) is 69.4 Å². The van der Waals surface area contributed by atoms with Gasteiger partial charge in [0.25, 0.3) is 0 Å². The van der Waals surface area contributed by atoms with Crippen LogP contribution in [0.4, 0.5) is 0 Å². The Morgan fingerprint density at radius 3 is 1.38 bits per heavy atom. The minimum absolute atomic E-state index is 0. The fraction of sp³-hybridized carbons (Fsp3) is 0.125. The van der Waals surface area contributed by atoms with Crippen LogP contribution in [-0.2, 0) is 32.1 Å². The van der Waals surface area contributed by atoms with Gasteiger partial charge in [-0.3, -0.25) is 9.97 Å². The molecule has 0 fully saturated rings. The van der Waals surface area contributed by atoms with Crippen LogP contribution in [0.25, 0.3) is 21.8 Å². The molecule has 143 valence electrons. The van der Waals surface area contributed by atoms with E-state index in [1.807, 2.05) is 12.1 Å². The Bertz CT molecular complexity index is 767. The van der Waals surface area contributed by atoms with E-state index in [9.17, 15) is 19.8 Å². The minimum atomic E-state index is -1.01. The van der Waals surface area contributed by atoms with Crippen molar-refractivity contribution in [2.45, 2.75) is 0 Å². The van der Waals surface area contributed by atoms with Crippen molar-refractivity contribution in [3.05, 3.63) is 48.8 Å². The molecule has 0 aliphatic carbocycles. The summed E-state index contributed by atoms with van der Waals surface area (Å²) in [7, 11) is 0. The maximum atomic E-state index is 9.25. The second-order valence-electron chi connectivity index (χ2n) is 4.23. The number of halogens is 2. The van der Waals surface area contributed by atoms with Crippen molar-refractivity contribution in [3.63, 3.8) is 0 Å². The van der Waals surface area contributed by atoms with Gasteiger partial charge in [-0.25, -0.2) is 0 Å². The maximum Gasteiger partial charge on any atom is 2.00 e. The summed E-state index contributed by atoms with van der Waals surface area (Å²) in [5, 5.41) is 20.8. The Balaban J connectivity index is 0. The second kappa shape index (κ2) is 15.0. The van der Waals surface area contributed by atoms with Crippen molar-refractivity contribution in [2.75, 3.05) is 8.86 Å². The van der Waals surface area contributed by atoms with E-state index in [4.69, 9.17) is 0 Å². The molecule has 0 aliphatic heterocycles. The normalized spacial score (nSPS) is 8.69. The summed E-state index contributed by atoms with van der Waals surface area (Å²) < 4.78 is 0.162. The molecule has 0 atom stereocenters. The van der Waals surface area contributed by atoms with Crippen molar-refractivity contribution >= 4 is 78.9 Å². The summed E-state index contributed by atoms with van der Waals surface area (Å²) in [5.74, 6) is -2.02. The third kappa shape index (κ3) is 9.57. The SMILES string of the molecule is O=C([O-])CI.O=C([O-])CI.[Cu+2].[OH3+].c1cnc2c(c1)ccc1cccnc12. The molecular formula is C16H15CuI2N2O5+. The number of carbonyl (C=O) groups is 2. The van der Waals surface area contributed by atoms with E-state index in [-0.39, 0.29) is 31.4 Å². The number of hydrogen-bond acceptors (Lipinski definition) is 6. The quantitative estimate of drug-likeness (QED) is 0.130. The average molecular weight is 633 g/mol. The average Bonchev–Trinajstić information content (AvgIpc) is 2.62. The molecule has 0 saturated heterocycles. The van der Waals surface area contributed by atoms with Gasteiger partial charge in [0.05, 0.1) is 23.0 Å². The van der Waals surface area contributed by atoms with Crippen molar-refractivity contribution in [2.24, 2.45) is 0 Å². The van der Waals surface area contributed by atoms with E-state index >= 15 is 0 Å². The monoisotopic (exact) mass is 632 g/mol. The number of alkyl halides is 2. The van der Waals surface area contributed by atoms with Crippen LogP contribution >= 0.6 is 45.2 Å². The third-order valence-corrected chi connectivity index (χ3v) is 3.81. The summed E-state index contributed by atoms with van der Waals surface area (Å²) in [5.41, 5.74) is 1.95. The molecule has 3 N–H and O–H groups in total. The number of pyridine rings is 2. The Labute approximate surface area is 187 Å². The van der Waals surface area contributed by atoms with E-state index in [0.717, 1.165) is 21.8 Å². The van der Waals surface area contributed by atoms with Crippen LogP contribution in [0.5, 0.6) is 0 Å². The van der Waals surface area contributed by atoms with Gasteiger partial charge in [0.1, 0.15) is 0 Å². The Kier molecular flexibility index (Phi) is 15.7. The molecule has 26 heavy (non-hydrogen) atoms. The van der Waals surface area contributed by atoms with Gasteiger partial charge in [-0.15, -0.1) is 0 Å². The molecule has 1 aromatic carbocycles. The molecule has 10 heteroatoms. The molecule has 2 heterocycles. The predicted octanol–water partition coefficient (Wildman–Crippen LogP) is 0.201. The fourth-order valence-corrected chi connectivity index (χ4v) is 1.68. The largest absolute Gasteiger partial charge is 2.00 e. The van der Waals surface area contributed by atoms with E-state index in [1.165, 1.54) is 0 Å². The molecule has 3 aromatic rings. The first-order valence-corrected chi connectivity index (χ1v) is 9.64. The van der Waals surface area contributed by atoms with Crippen LogP contribution < -0.4 is 10.2 Å². The second-order valence-corrected chi connectivity index (χ2v) is 5.75. The number of benzene rings is 1. The Hall–Kier alpha value is -1.08. The number of hydrogen-bond donors (Lipinski definition) is 0. The molecular weight excluding hydrogens is 618 g/mol. The van der Waals surface area contributed by atoms with Crippen molar-refractivity contribution in [3.8, 4) is 0 Å². The third-order valence-electron chi connectivity index (χ3n) is 2.56. The number of fused-ring (bicyclic) bond motifs is 3. The van der Waals surface area contributed by atoms with Crippen LogP contribution in [0.1, 0.15) is 0 Å². The molecule has 0 aliphatic rings. The molecule has 3 rings (SSSR count). The Morgan fingerprint density at radius 1 is 0.808 bits per heavy atom.